The summed E-state index contributed by atoms with van der Waals surface area (Å²) >= 11 is 1.81. The molecule has 1 fully saturated rings. The molecular weight excluding hydrogens is 260 g/mol. The van der Waals surface area contributed by atoms with Gasteiger partial charge in [-0.1, -0.05) is 13.8 Å². The van der Waals surface area contributed by atoms with Gasteiger partial charge in [0.25, 0.3) is 0 Å². The van der Waals surface area contributed by atoms with Gasteiger partial charge in [-0.05, 0) is 18.6 Å². The molecule has 0 aromatic rings. The zero-order chi connectivity index (χ0) is 13.9. The Morgan fingerprint density at radius 2 is 2.26 bits per heavy atom. The molecule has 1 saturated heterocycles. The minimum Gasteiger partial charge on any atom is -0.380 e. The fourth-order valence-corrected chi connectivity index (χ4v) is 2.37. The van der Waals surface area contributed by atoms with Gasteiger partial charge in [0.15, 0.2) is 0 Å². The number of thioether (sulfide) groups is 1. The average Bonchev–Trinajstić information content (AvgIpc) is 2.39. The Balaban J connectivity index is 2.03. The van der Waals surface area contributed by atoms with E-state index >= 15 is 0 Å². The van der Waals surface area contributed by atoms with E-state index in [1.165, 1.54) is 0 Å². The molecule has 1 heterocycles. The fourth-order valence-electron chi connectivity index (χ4n) is 2.04. The molecule has 0 aromatic heterocycles. The molecule has 0 aromatic carbocycles. The van der Waals surface area contributed by atoms with Crippen molar-refractivity contribution in [2.24, 2.45) is 5.92 Å². The molecule has 1 atom stereocenters. The van der Waals surface area contributed by atoms with Crippen molar-refractivity contribution in [1.82, 2.24) is 10.2 Å². The van der Waals surface area contributed by atoms with Crippen LogP contribution in [0.1, 0.15) is 20.3 Å². The SMILES string of the molecule is CSCNC[C@@H]1CN(CCOCCC(C)C)CCO1. The van der Waals surface area contributed by atoms with Crippen molar-refractivity contribution >= 4 is 11.8 Å². The predicted molar refractivity (Wildman–Crippen MR) is 82.8 cm³/mol. The largest absolute Gasteiger partial charge is 0.380 e. The van der Waals surface area contributed by atoms with Gasteiger partial charge in [0.1, 0.15) is 0 Å². The van der Waals surface area contributed by atoms with Crippen LogP contribution >= 0.6 is 11.8 Å². The summed E-state index contributed by atoms with van der Waals surface area (Å²) in [6, 6.07) is 0. The lowest BCUT2D eigenvalue weighted by molar-refractivity contribution is -0.0346. The topological polar surface area (TPSA) is 33.7 Å². The van der Waals surface area contributed by atoms with Gasteiger partial charge in [-0.25, -0.2) is 0 Å². The van der Waals surface area contributed by atoms with Crippen molar-refractivity contribution in [3.05, 3.63) is 0 Å². The number of hydrogen-bond donors (Lipinski definition) is 1. The third kappa shape index (κ3) is 8.87. The van der Waals surface area contributed by atoms with Gasteiger partial charge >= 0.3 is 0 Å². The van der Waals surface area contributed by atoms with Crippen molar-refractivity contribution in [2.75, 3.05) is 58.1 Å². The first-order valence-electron chi connectivity index (χ1n) is 7.33. The van der Waals surface area contributed by atoms with Gasteiger partial charge < -0.3 is 14.8 Å². The van der Waals surface area contributed by atoms with Crippen LogP contribution in [0.15, 0.2) is 0 Å². The van der Waals surface area contributed by atoms with Crippen LogP contribution in [-0.2, 0) is 9.47 Å². The smallest absolute Gasteiger partial charge is 0.0827 e. The van der Waals surface area contributed by atoms with E-state index in [1.54, 1.807) is 0 Å². The third-order valence-electron chi connectivity index (χ3n) is 3.23. The first-order valence-corrected chi connectivity index (χ1v) is 8.73. The van der Waals surface area contributed by atoms with E-state index in [0.29, 0.717) is 6.10 Å². The zero-order valence-electron chi connectivity index (χ0n) is 12.7. The van der Waals surface area contributed by atoms with Gasteiger partial charge in [-0.3, -0.25) is 4.90 Å². The Kier molecular flexibility index (Phi) is 9.91. The van der Waals surface area contributed by atoms with Crippen LogP contribution < -0.4 is 5.32 Å². The normalized spacial score (nSPS) is 21.2. The van der Waals surface area contributed by atoms with Crippen LogP contribution in [0.25, 0.3) is 0 Å². The predicted octanol–water partition coefficient (Wildman–Crippen LogP) is 1.66. The second kappa shape index (κ2) is 10.9. The Bertz CT molecular complexity index is 218. The highest BCUT2D eigenvalue weighted by Crippen LogP contribution is 2.05. The van der Waals surface area contributed by atoms with Crippen LogP contribution in [0.4, 0.5) is 0 Å². The number of nitrogens with one attached hydrogen (secondary N) is 1. The number of ether oxygens (including phenoxy) is 2. The van der Waals surface area contributed by atoms with Gasteiger partial charge in [0, 0.05) is 38.7 Å². The van der Waals surface area contributed by atoms with Gasteiger partial charge in [0.2, 0.25) is 0 Å². The van der Waals surface area contributed by atoms with E-state index < -0.39 is 0 Å². The number of hydrogen-bond acceptors (Lipinski definition) is 5. The van der Waals surface area contributed by atoms with Crippen molar-refractivity contribution in [3.63, 3.8) is 0 Å². The second-order valence-electron chi connectivity index (χ2n) is 5.48. The quantitative estimate of drug-likeness (QED) is 0.489. The first-order chi connectivity index (χ1) is 9.22. The van der Waals surface area contributed by atoms with Crippen LogP contribution in [0.5, 0.6) is 0 Å². The Morgan fingerprint density at radius 3 is 3.00 bits per heavy atom. The second-order valence-corrected chi connectivity index (χ2v) is 6.34. The molecule has 1 N–H and O–H groups in total. The van der Waals surface area contributed by atoms with Crippen molar-refractivity contribution < 1.29 is 9.47 Å². The molecule has 0 spiro atoms. The monoisotopic (exact) mass is 290 g/mol. The number of morpholine rings is 1. The Labute approximate surface area is 122 Å². The standard InChI is InChI=1S/C14H30N2O2S/c1-13(2)4-7-17-8-5-16-6-9-18-14(11-16)10-15-12-19-3/h13-15H,4-12H2,1-3H3/t14-/m1/s1. The summed E-state index contributed by atoms with van der Waals surface area (Å²) in [5.74, 6) is 1.73. The van der Waals surface area contributed by atoms with E-state index in [2.05, 4.69) is 30.3 Å². The molecule has 1 aliphatic rings. The molecule has 5 heteroatoms. The summed E-state index contributed by atoms with van der Waals surface area (Å²) in [5.41, 5.74) is 0. The van der Waals surface area contributed by atoms with Crippen LogP contribution in [-0.4, -0.2) is 69.1 Å². The molecule has 0 amide bonds. The zero-order valence-corrected chi connectivity index (χ0v) is 13.5. The summed E-state index contributed by atoms with van der Waals surface area (Å²) in [4.78, 5) is 2.45. The van der Waals surface area contributed by atoms with Gasteiger partial charge in [-0.2, -0.15) is 0 Å². The summed E-state index contributed by atoms with van der Waals surface area (Å²) in [6.45, 7) is 11.1. The molecule has 1 aliphatic heterocycles. The maximum absolute atomic E-state index is 5.76. The molecule has 4 nitrogen and oxygen atoms in total. The minimum absolute atomic E-state index is 0.330. The van der Waals surface area contributed by atoms with Gasteiger partial charge in [0.05, 0.1) is 19.3 Å². The van der Waals surface area contributed by atoms with Crippen molar-refractivity contribution in [2.45, 2.75) is 26.4 Å². The number of nitrogens with zero attached hydrogens (tertiary/aromatic N) is 1. The van der Waals surface area contributed by atoms with Crippen LogP contribution in [0.2, 0.25) is 0 Å². The lowest BCUT2D eigenvalue weighted by Crippen LogP contribution is -2.47. The van der Waals surface area contributed by atoms with Crippen molar-refractivity contribution in [1.29, 1.82) is 0 Å². The molecule has 114 valence electrons. The summed E-state index contributed by atoms with van der Waals surface area (Å²) in [6.07, 6.45) is 3.59. The molecule has 0 unspecified atom stereocenters. The van der Waals surface area contributed by atoms with E-state index in [4.69, 9.17) is 9.47 Å². The van der Waals surface area contributed by atoms with Crippen molar-refractivity contribution in [3.8, 4) is 0 Å². The molecule has 0 aliphatic carbocycles. The van der Waals surface area contributed by atoms with Crippen LogP contribution in [0.3, 0.4) is 0 Å². The summed E-state index contributed by atoms with van der Waals surface area (Å²) in [5, 5.41) is 3.39. The Morgan fingerprint density at radius 1 is 1.42 bits per heavy atom. The molecule has 0 saturated carbocycles. The first kappa shape index (κ1) is 17.2. The van der Waals surface area contributed by atoms with E-state index in [0.717, 1.165) is 64.2 Å². The molecular formula is C14H30N2O2S. The fraction of sp³-hybridized carbons (Fsp3) is 1.00. The van der Waals surface area contributed by atoms with E-state index in [-0.39, 0.29) is 0 Å². The average molecular weight is 290 g/mol. The highest BCUT2D eigenvalue weighted by molar-refractivity contribution is 7.98. The molecule has 0 radical (unpaired) electrons. The molecule has 0 bridgehead atoms. The summed E-state index contributed by atoms with van der Waals surface area (Å²) in [7, 11) is 0. The third-order valence-corrected chi connectivity index (χ3v) is 3.73. The highest BCUT2D eigenvalue weighted by Gasteiger charge is 2.19. The van der Waals surface area contributed by atoms with Gasteiger partial charge in [-0.15, -0.1) is 11.8 Å². The van der Waals surface area contributed by atoms with Crippen LogP contribution in [0, 0.1) is 5.92 Å². The maximum Gasteiger partial charge on any atom is 0.0827 e. The molecule has 1 rings (SSSR count). The van der Waals surface area contributed by atoms with E-state index in [9.17, 15) is 0 Å². The number of rotatable bonds is 10. The Hall–Kier alpha value is 0.190. The minimum atomic E-state index is 0.330. The lowest BCUT2D eigenvalue weighted by Gasteiger charge is -2.32. The lowest BCUT2D eigenvalue weighted by atomic mass is 10.1. The molecule has 19 heavy (non-hydrogen) atoms. The maximum atomic E-state index is 5.76. The highest BCUT2D eigenvalue weighted by atomic mass is 32.2. The summed E-state index contributed by atoms with van der Waals surface area (Å²) < 4.78 is 11.4. The van der Waals surface area contributed by atoms with E-state index in [1.807, 2.05) is 11.8 Å².